The molecule has 0 aliphatic carbocycles. The Morgan fingerprint density at radius 1 is 0.778 bits per heavy atom. The van der Waals surface area contributed by atoms with E-state index in [1.165, 1.54) is 20.4 Å². The molecule has 54 heavy (non-hydrogen) atoms. The molecule has 7 rings (SSSR count). The number of rotatable bonds is 13. The summed E-state index contributed by atoms with van der Waals surface area (Å²) in [6.07, 6.45) is 6.12. The Kier molecular flexibility index (Phi) is 10.3. The lowest BCUT2D eigenvalue weighted by molar-refractivity contribution is 0.397. The maximum Gasteiger partial charge on any atom is 0.245 e. The van der Waals surface area contributed by atoms with Gasteiger partial charge in [-0.15, -0.1) is 16.6 Å². The van der Waals surface area contributed by atoms with E-state index < -0.39 is 10.0 Å². The number of fused-ring (bicyclic) bond motifs is 1. The number of methoxy groups -OCH3 is 3. The molecule has 0 saturated heterocycles. The fourth-order valence-corrected chi connectivity index (χ4v) is 8.64. The van der Waals surface area contributed by atoms with Crippen molar-refractivity contribution in [3.8, 4) is 52.1 Å². The van der Waals surface area contributed by atoms with Gasteiger partial charge in [-0.2, -0.15) is 9.10 Å². The van der Waals surface area contributed by atoms with E-state index in [0.717, 1.165) is 21.4 Å². The molecule has 0 aliphatic rings. The highest BCUT2D eigenvalue weighted by atomic mass is 32.2. The fourth-order valence-electron chi connectivity index (χ4n) is 6.12. The molecule has 0 amide bonds. The number of terminal acetylenes is 1. The summed E-state index contributed by atoms with van der Waals surface area (Å²) in [7, 11) is 0.322. The van der Waals surface area contributed by atoms with Gasteiger partial charge in [0.05, 0.1) is 43.7 Å². The highest BCUT2D eigenvalue weighted by Crippen LogP contribution is 2.42. The number of nitrogens with zero attached hydrogens (tertiary/aromatic N) is 6. The minimum atomic E-state index is -4.43. The first-order valence-corrected chi connectivity index (χ1v) is 18.9. The van der Waals surface area contributed by atoms with Crippen molar-refractivity contribution in [3.05, 3.63) is 125 Å². The minimum Gasteiger partial charge on any atom is -0.497 e. The van der Waals surface area contributed by atoms with E-state index in [1.807, 2.05) is 66.7 Å². The van der Waals surface area contributed by atoms with Crippen LogP contribution in [-0.2, 0) is 29.7 Å². The lowest BCUT2D eigenvalue weighted by Crippen LogP contribution is -2.31. The summed E-state index contributed by atoms with van der Waals surface area (Å²) < 4.78 is 49.1. The maximum atomic E-state index is 15.4. The number of hydrogen-bond donors (Lipinski definition) is 1. The van der Waals surface area contributed by atoms with Crippen molar-refractivity contribution in [2.45, 2.75) is 24.5 Å². The zero-order chi connectivity index (χ0) is 37.8. The third-order valence-electron chi connectivity index (χ3n) is 8.83. The largest absolute Gasteiger partial charge is 0.497 e. The molecule has 2 N–H and O–H groups in total. The van der Waals surface area contributed by atoms with Crippen molar-refractivity contribution in [1.82, 2.24) is 29.5 Å². The third kappa shape index (κ3) is 7.33. The molecular formula is C40H35N7O5S2. The van der Waals surface area contributed by atoms with Gasteiger partial charge in [0.15, 0.2) is 5.13 Å². The topological polar surface area (TPSA) is 148 Å². The number of ether oxygens (including phenoxy) is 3. The van der Waals surface area contributed by atoms with Gasteiger partial charge < -0.3 is 19.9 Å². The van der Waals surface area contributed by atoms with Gasteiger partial charge in [0.25, 0.3) is 0 Å². The van der Waals surface area contributed by atoms with Crippen LogP contribution < -0.4 is 19.9 Å². The molecule has 0 fully saturated rings. The summed E-state index contributed by atoms with van der Waals surface area (Å²) in [5.41, 5.74) is 10.6. The van der Waals surface area contributed by atoms with E-state index in [2.05, 4.69) is 21.2 Å². The molecule has 7 aromatic rings. The van der Waals surface area contributed by atoms with Crippen LogP contribution in [0.1, 0.15) is 22.3 Å². The number of aromatic nitrogens is 5. The number of benzene rings is 5. The smallest absolute Gasteiger partial charge is 0.245 e. The van der Waals surface area contributed by atoms with Crippen LogP contribution in [0.15, 0.2) is 108 Å². The van der Waals surface area contributed by atoms with Crippen LogP contribution in [0.2, 0.25) is 0 Å². The summed E-state index contributed by atoms with van der Waals surface area (Å²) in [4.78, 5) is 5.89. The lowest BCUT2D eigenvalue weighted by Gasteiger charge is -2.25. The third-order valence-corrected chi connectivity index (χ3v) is 11.6. The molecule has 0 bridgehead atoms. The molecule has 0 aliphatic heterocycles. The molecule has 14 heteroatoms. The number of nitrogen functional groups attached to an aromatic ring is 1. The highest BCUT2D eigenvalue weighted by Gasteiger charge is 2.34. The molecule has 0 spiro atoms. The van der Waals surface area contributed by atoms with Crippen LogP contribution in [0.3, 0.4) is 0 Å². The number of sulfonamides is 1. The van der Waals surface area contributed by atoms with Crippen LogP contribution in [0.5, 0.6) is 17.2 Å². The SMILES string of the molecule is C#Cc1ccc(-c2cccc3sc(N)nc23)c(-c2nnn(Cc3ccc(OC)cc3)n2)c1S(=O)(=O)N(Cc1ccc(OC)cc1)Cc1ccc(OC)cc1. The van der Waals surface area contributed by atoms with Gasteiger partial charge in [0.1, 0.15) is 22.1 Å². The van der Waals surface area contributed by atoms with Gasteiger partial charge in [0.2, 0.25) is 15.8 Å². The van der Waals surface area contributed by atoms with Crippen LogP contribution in [-0.4, -0.2) is 59.2 Å². The second-order valence-corrected chi connectivity index (χ2v) is 15.1. The molecule has 5 aromatic carbocycles. The Balaban J connectivity index is 1.43. The van der Waals surface area contributed by atoms with E-state index in [1.54, 1.807) is 57.7 Å². The number of hydrogen-bond acceptors (Lipinski definition) is 11. The van der Waals surface area contributed by atoms with Crippen molar-refractivity contribution in [3.63, 3.8) is 0 Å². The number of anilines is 1. The lowest BCUT2D eigenvalue weighted by atomic mass is 9.96. The van der Waals surface area contributed by atoms with Crippen molar-refractivity contribution < 1.29 is 22.6 Å². The van der Waals surface area contributed by atoms with Crippen LogP contribution in [0.4, 0.5) is 5.13 Å². The summed E-state index contributed by atoms with van der Waals surface area (Å²) in [6, 6.07) is 31.0. The Hall–Kier alpha value is -6.27. The average molecular weight is 758 g/mol. The molecular weight excluding hydrogens is 723 g/mol. The number of tetrazole rings is 1. The first kappa shape index (κ1) is 36.1. The summed E-state index contributed by atoms with van der Waals surface area (Å²) in [5.74, 6) is 4.71. The van der Waals surface area contributed by atoms with Gasteiger partial charge >= 0.3 is 0 Å². The van der Waals surface area contributed by atoms with Gasteiger partial charge in [-0.3, -0.25) is 0 Å². The Labute approximate surface area is 316 Å². The first-order valence-electron chi connectivity index (χ1n) is 16.7. The van der Waals surface area contributed by atoms with Gasteiger partial charge in [-0.25, -0.2) is 13.4 Å². The molecule has 0 saturated carbocycles. The van der Waals surface area contributed by atoms with E-state index >= 15 is 8.42 Å². The molecule has 12 nitrogen and oxygen atoms in total. The predicted octanol–water partition coefficient (Wildman–Crippen LogP) is 6.65. The van der Waals surface area contributed by atoms with Crippen molar-refractivity contribution in [1.29, 1.82) is 0 Å². The molecule has 0 atom stereocenters. The molecule has 2 aromatic heterocycles. The van der Waals surface area contributed by atoms with Crippen LogP contribution in [0, 0.1) is 12.3 Å². The maximum absolute atomic E-state index is 15.4. The summed E-state index contributed by atoms with van der Waals surface area (Å²) in [6.45, 7) is 0.298. The van der Waals surface area contributed by atoms with Crippen molar-refractivity contribution in [2.24, 2.45) is 0 Å². The second-order valence-electron chi connectivity index (χ2n) is 12.2. The number of nitrogens with two attached hydrogens (primary N) is 1. The zero-order valence-electron chi connectivity index (χ0n) is 29.6. The van der Waals surface area contributed by atoms with Gasteiger partial charge in [0, 0.05) is 24.2 Å². The normalized spacial score (nSPS) is 11.5. The van der Waals surface area contributed by atoms with Gasteiger partial charge in [-0.05, 0) is 76.0 Å². The molecule has 272 valence electrons. The monoisotopic (exact) mass is 757 g/mol. The van der Waals surface area contributed by atoms with Crippen molar-refractivity contribution >= 4 is 36.7 Å². The van der Waals surface area contributed by atoms with Crippen LogP contribution >= 0.6 is 11.3 Å². The Morgan fingerprint density at radius 2 is 1.35 bits per heavy atom. The number of para-hydroxylation sites is 1. The zero-order valence-corrected chi connectivity index (χ0v) is 31.3. The minimum absolute atomic E-state index is 0.0157. The van der Waals surface area contributed by atoms with Crippen molar-refractivity contribution in [2.75, 3.05) is 27.1 Å². The van der Waals surface area contributed by atoms with E-state index in [0.29, 0.717) is 39.0 Å². The average Bonchev–Trinajstić information content (AvgIpc) is 3.83. The fraction of sp³-hybridized carbons (Fsp3) is 0.150. The Morgan fingerprint density at radius 3 is 1.91 bits per heavy atom. The Bertz CT molecular complexity index is 2530. The highest BCUT2D eigenvalue weighted by molar-refractivity contribution is 7.89. The summed E-state index contributed by atoms with van der Waals surface area (Å²) in [5, 5.41) is 13.9. The van der Waals surface area contributed by atoms with Crippen LogP contribution in [0.25, 0.3) is 32.7 Å². The standard InChI is InChI=1S/C40H35N7O5S2/c1-5-29-15-22-33(34-7-6-8-35-37(34)42-40(41)53-35)36(39-43-45-47(44-39)25-28-13-20-32(52-4)21-14-28)38(29)54(48,49)46(23-26-9-16-30(50-2)17-10-26)24-27-11-18-31(51-3)19-12-27/h1,6-22H,23-25H2,2-4H3,(H2,41,42). The predicted molar refractivity (Wildman–Crippen MR) is 209 cm³/mol. The van der Waals surface area contributed by atoms with E-state index in [9.17, 15) is 0 Å². The van der Waals surface area contributed by atoms with E-state index in [-0.39, 0.29) is 41.5 Å². The van der Waals surface area contributed by atoms with E-state index in [4.69, 9.17) is 31.5 Å². The first-order chi connectivity index (χ1) is 26.2. The quantitative estimate of drug-likeness (QED) is 0.127. The molecule has 0 radical (unpaired) electrons. The number of thiazole rings is 1. The molecule has 0 unspecified atom stereocenters. The molecule has 2 heterocycles. The summed E-state index contributed by atoms with van der Waals surface area (Å²) >= 11 is 1.33. The second kappa shape index (κ2) is 15.4. The van der Waals surface area contributed by atoms with Gasteiger partial charge in [-0.1, -0.05) is 71.9 Å².